The molecule has 0 bridgehead atoms. The SMILES string of the molecule is COC(=O)CC[C@@H](C)[C@H]1CC[C@H]2C3=CC[C@@H]4C[C@H](O)CC[C@]4(C)[C@H]3CC[C@]12C. The fourth-order valence-electron chi connectivity index (χ4n) is 8.11. The van der Waals surface area contributed by atoms with Gasteiger partial charge in [-0.15, -0.1) is 0 Å². The minimum absolute atomic E-state index is 0.0660. The number of hydrogen-bond donors (Lipinski definition) is 1. The summed E-state index contributed by atoms with van der Waals surface area (Å²) < 4.78 is 4.87. The lowest BCUT2D eigenvalue weighted by atomic mass is 9.47. The second-order valence-electron chi connectivity index (χ2n) is 11.0. The van der Waals surface area contributed by atoms with Crippen molar-refractivity contribution in [1.82, 2.24) is 0 Å². The van der Waals surface area contributed by atoms with E-state index in [-0.39, 0.29) is 12.1 Å². The molecule has 3 fully saturated rings. The van der Waals surface area contributed by atoms with E-state index in [0.717, 1.165) is 37.0 Å². The van der Waals surface area contributed by atoms with Gasteiger partial charge in [-0.25, -0.2) is 0 Å². The predicted octanol–water partition coefficient (Wildman–Crippen LogP) is 5.52. The number of methoxy groups -OCH3 is 1. The van der Waals surface area contributed by atoms with Crippen LogP contribution in [0.5, 0.6) is 0 Å². The first kappa shape index (κ1) is 20.4. The third-order valence-electron chi connectivity index (χ3n) is 9.84. The van der Waals surface area contributed by atoms with E-state index in [1.807, 2.05) is 0 Å². The lowest BCUT2D eigenvalue weighted by Gasteiger charge is -2.57. The minimum Gasteiger partial charge on any atom is -0.469 e. The Morgan fingerprint density at radius 3 is 2.64 bits per heavy atom. The zero-order chi connectivity index (χ0) is 20.1. The Morgan fingerprint density at radius 2 is 1.89 bits per heavy atom. The molecule has 28 heavy (non-hydrogen) atoms. The Kier molecular flexibility index (Phi) is 5.44. The number of esters is 1. The summed E-state index contributed by atoms with van der Waals surface area (Å²) in [6, 6.07) is 0. The van der Waals surface area contributed by atoms with Crippen LogP contribution in [-0.4, -0.2) is 24.3 Å². The highest BCUT2D eigenvalue weighted by molar-refractivity contribution is 5.69. The maximum atomic E-state index is 11.6. The number of aliphatic hydroxyl groups is 1. The van der Waals surface area contributed by atoms with Crippen molar-refractivity contribution in [1.29, 1.82) is 0 Å². The number of allylic oxidation sites excluding steroid dienone is 2. The largest absolute Gasteiger partial charge is 0.469 e. The standard InChI is InChI=1S/C25H40O3/c1-16(5-10-23(27)28-4)20-8-9-21-19-7-6-17-15-18(26)11-13-24(17,2)22(19)12-14-25(20,21)3/h7,16-18,20-22,26H,5-6,8-15H2,1-4H3/t16-,17-,18-,20-,21+,22+,24+,25-/m1/s1. The maximum Gasteiger partial charge on any atom is 0.305 e. The number of fused-ring (bicyclic) bond motifs is 5. The van der Waals surface area contributed by atoms with Crippen LogP contribution in [0, 0.1) is 40.4 Å². The van der Waals surface area contributed by atoms with Gasteiger partial charge in [-0.05, 0) is 98.2 Å². The van der Waals surface area contributed by atoms with Crippen LogP contribution >= 0.6 is 0 Å². The summed E-state index contributed by atoms with van der Waals surface area (Å²) in [5, 5.41) is 10.2. The third kappa shape index (κ3) is 3.16. The molecule has 4 rings (SSSR count). The van der Waals surface area contributed by atoms with Crippen molar-refractivity contribution in [2.45, 2.75) is 91.1 Å². The molecule has 3 heteroatoms. The van der Waals surface area contributed by atoms with Crippen LogP contribution in [0.25, 0.3) is 0 Å². The predicted molar refractivity (Wildman–Crippen MR) is 112 cm³/mol. The second kappa shape index (κ2) is 7.45. The molecule has 0 saturated heterocycles. The molecule has 0 aromatic heterocycles. The van der Waals surface area contributed by atoms with E-state index < -0.39 is 0 Å². The van der Waals surface area contributed by atoms with Gasteiger partial charge in [0, 0.05) is 6.42 Å². The molecule has 0 amide bonds. The van der Waals surface area contributed by atoms with Crippen molar-refractivity contribution < 1.29 is 14.6 Å². The molecule has 8 atom stereocenters. The number of ether oxygens (including phenoxy) is 1. The summed E-state index contributed by atoms with van der Waals surface area (Å²) in [4.78, 5) is 11.6. The van der Waals surface area contributed by atoms with E-state index in [2.05, 4.69) is 26.8 Å². The van der Waals surface area contributed by atoms with Gasteiger partial charge in [-0.2, -0.15) is 0 Å². The first-order chi connectivity index (χ1) is 13.3. The van der Waals surface area contributed by atoms with Gasteiger partial charge in [0.25, 0.3) is 0 Å². The molecule has 3 saturated carbocycles. The number of aliphatic hydroxyl groups excluding tert-OH is 1. The molecule has 3 nitrogen and oxygen atoms in total. The molecule has 0 unspecified atom stereocenters. The second-order valence-corrected chi connectivity index (χ2v) is 11.0. The summed E-state index contributed by atoms with van der Waals surface area (Å²) in [7, 11) is 1.49. The van der Waals surface area contributed by atoms with E-state index in [1.54, 1.807) is 5.57 Å². The highest BCUT2D eigenvalue weighted by atomic mass is 16.5. The first-order valence-corrected chi connectivity index (χ1v) is 11.7. The third-order valence-corrected chi connectivity index (χ3v) is 9.84. The normalized spacial score (nSPS) is 46.0. The zero-order valence-electron chi connectivity index (χ0n) is 18.4. The van der Waals surface area contributed by atoms with Gasteiger partial charge in [0.1, 0.15) is 0 Å². The molecule has 0 heterocycles. The van der Waals surface area contributed by atoms with Crippen molar-refractivity contribution in [2.24, 2.45) is 40.4 Å². The smallest absolute Gasteiger partial charge is 0.305 e. The van der Waals surface area contributed by atoms with Gasteiger partial charge < -0.3 is 9.84 Å². The lowest BCUT2D eigenvalue weighted by molar-refractivity contribution is -0.141. The van der Waals surface area contributed by atoms with E-state index in [9.17, 15) is 9.90 Å². The number of carbonyl (C=O) groups is 1. The van der Waals surface area contributed by atoms with Gasteiger partial charge in [-0.1, -0.05) is 32.4 Å². The van der Waals surface area contributed by atoms with Gasteiger partial charge in [0.15, 0.2) is 0 Å². The summed E-state index contributed by atoms with van der Waals surface area (Å²) >= 11 is 0. The van der Waals surface area contributed by atoms with Crippen molar-refractivity contribution in [3.8, 4) is 0 Å². The van der Waals surface area contributed by atoms with Crippen LogP contribution < -0.4 is 0 Å². The average Bonchev–Trinajstić information content (AvgIpc) is 3.03. The molecule has 4 aliphatic carbocycles. The minimum atomic E-state index is -0.0756. The van der Waals surface area contributed by atoms with Crippen molar-refractivity contribution in [3.63, 3.8) is 0 Å². The fourth-order valence-corrected chi connectivity index (χ4v) is 8.11. The van der Waals surface area contributed by atoms with Crippen LogP contribution in [0.3, 0.4) is 0 Å². The van der Waals surface area contributed by atoms with Crippen molar-refractivity contribution in [3.05, 3.63) is 11.6 Å². The van der Waals surface area contributed by atoms with Crippen LogP contribution in [-0.2, 0) is 9.53 Å². The van der Waals surface area contributed by atoms with E-state index in [0.29, 0.717) is 29.1 Å². The topological polar surface area (TPSA) is 46.5 Å². The molecule has 0 aromatic rings. The number of rotatable bonds is 4. The zero-order valence-corrected chi connectivity index (χ0v) is 18.4. The Labute approximate surface area is 171 Å². The average molecular weight is 389 g/mol. The lowest BCUT2D eigenvalue weighted by Crippen LogP contribution is -2.49. The number of carbonyl (C=O) groups excluding carboxylic acids is 1. The highest BCUT2D eigenvalue weighted by Gasteiger charge is 2.58. The van der Waals surface area contributed by atoms with Crippen molar-refractivity contribution in [2.75, 3.05) is 7.11 Å². The van der Waals surface area contributed by atoms with Crippen LogP contribution in [0.2, 0.25) is 0 Å². The molecule has 1 N–H and O–H groups in total. The van der Waals surface area contributed by atoms with Gasteiger partial charge in [0.05, 0.1) is 13.2 Å². The van der Waals surface area contributed by atoms with Crippen molar-refractivity contribution >= 4 is 5.97 Å². The molecular weight excluding hydrogens is 348 g/mol. The Bertz CT molecular complexity index is 640. The first-order valence-electron chi connectivity index (χ1n) is 11.7. The maximum absolute atomic E-state index is 11.6. The fraction of sp³-hybridized carbons (Fsp3) is 0.880. The Morgan fingerprint density at radius 1 is 1.18 bits per heavy atom. The molecule has 0 spiro atoms. The van der Waals surface area contributed by atoms with Crippen LogP contribution in [0.4, 0.5) is 0 Å². The number of hydrogen-bond acceptors (Lipinski definition) is 3. The highest BCUT2D eigenvalue weighted by Crippen LogP contribution is 2.66. The molecular formula is C25H40O3. The van der Waals surface area contributed by atoms with E-state index >= 15 is 0 Å². The summed E-state index contributed by atoms with van der Waals surface area (Å²) in [5.41, 5.74) is 2.58. The Hall–Kier alpha value is -0.830. The quantitative estimate of drug-likeness (QED) is 0.510. The summed E-state index contributed by atoms with van der Waals surface area (Å²) in [6.07, 6.45) is 13.7. The van der Waals surface area contributed by atoms with Gasteiger partial charge in [-0.3, -0.25) is 4.79 Å². The monoisotopic (exact) mass is 388 g/mol. The van der Waals surface area contributed by atoms with Crippen LogP contribution in [0.15, 0.2) is 11.6 Å². The molecule has 0 radical (unpaired) electrons. The van der Waals surface area contributed by atoms with Gasteiger partial charge in [0.2, 0.25) is 0 Å². The molecule has 158 valence electrons. The van der Waals surface area contributed by atoms with E-state index in [4.69, 9.17) is 4.74 Å². The summed E-state index contributed by atoms with van der Waals surface area (Å²) in [6.45, 7) is 7.46. The molecule has 0 aliphatic heterocycles. The van der Waals surface area contributed by atoms with E-state index in [1.165, 1.54) is 45.6 Å². The molecule has 4 aliphatic rings. The van der Waals surface area contributed by atoms with Crippen LogP contribution in [0.1, 0.15) is 85.0 Å². The summed E-state index contributed by atoms with van der Waals surface area (Å²) in [5.74, 6) is 3.39. The Balaban J connectivity index is 1.52. The van der Waals surface area contributed by atoms with Gasteiger partial charge >= 0.3 is 5.97 Å². The molecule has 0 aromatic carbocycles.